The van der Waals surface area contributed by atoms with E-state index in [9.17, 15) is 18.0 Å². The van der Waals surface area contributed by atoms with Gasteiger partial charge in [-0.15, -0.1) is 0 Å². The molecule has 0 radical (unpaired) electrons. The Morgan fingerprint density at radius 1 is 1.06 bits per heavy atom. The van der Waals surface area contributed by atoms with Crippen LogP contribution in [0.5, 0.6) is 0 Å². The average molecular weight is 490 g/mol. The number of carbonyl (C=O) groups excluding carboxylic acids is 1. The van der Waals surface area contributed by atoms with E-state index in [1.54, 1.807) is 4.90 Å². The summed E-state index contributed by atoms with van der Waals surface area (Å²) in [5, 5.41) is 6.03. The van der Waals surface area contributed by atoms with Crippen LogP contribution in [0.25, 0.3) is 0 Å². The van der Waals surface area contributed by atoms with Gasteiger partial charge < -0.3 is 15.4 Å². The second kappa shape index (κ2) is 8.57. The lowest BCUT2D eigenvalue weighted by atomic mass is 9.91. The van der Waals surface area contributed by atoms with Gasteiger partial charge in [0.25, 0.3) is 0 Å². The third-order valence-electron chi connectivity index (χ3n) is 6.84. The molecule has 10 heteroatoms. The van der Waals surface area contributed by atoms with Gasteiger partial charge in [-0.3, -0.25) is 4.90 Å². The van der Waals surface area contributed by atoms with Crippen LogP contribution in [0.15, 0.2) is 24.4 Å². The summed E-state index contributed by atoms with van der Waals surface area (Å²) in [6.45, 7) is 5.54. The minimum atomic E-state index is -4.54. The highest BCUT2D eigenvalue weighted by molar-refractivity contribution is 5.73. The number of nitrogens with one attached hydrogen (secondary N) is 2. The molecular formula is C25H30F3N5O2. The molecule has 2 aliphatic heterocycles. The molecule has 0 spiro atoms. The minimum Gasteiger partial charge on any atom is -0.444 e. The van der Waals surface area contributed by atoms with Crippen LogP contribution in [0.3, 0.4) is 0 Å². The predicted molar refractivity (Wildman–Crippen MR) is 125 cm³/mol. The van der Waals surface area contributed by atoms with Crippen LogP contribution >= 0.6 is 0 Å². The first-order valence-electron chi connectivity index (χ1n) is 12.1. The number of carbonyl (C=O) groups is 1. The first-order chi connectivity index (χ1) is 16.5. The van der Waals surface area contributed by atoms with Gasteiger partial charge in [0, 0.05) is 17.9 Å². The van der Waals surface area contributed by atoms with Gasteiger partial charge in [-0.1, -0.05) is 18.9 Å². The van der Waals surface area contributed by atoms with Gasteiger partial charge in [0.2, 0.25) is 5.95 Å². The summed E-state index contributed by atoms with van der Waals surface area (Å²) in [6.07, 6.45) is 1.30. The summed E-state index contributed by atoms with van der Waals surface area (Å²) in [6, 6.07) is 5.61. The first kappa shape index (κ1) is 23.7. The summed E-state index contributed by atoms with van der Waals surface area (Å²) in [4.78, 5) is 22.8. The van der Waals surface area contributed by atoms with Crippen molar-refractivity contribution in [2.75, 3.05) is 10.6 Å². The third-order valence-corrected chi connectivity index (χ3v) is 6.84. The van der Waals surface area contributed by atoms with E-state index >= 15 is 0 Å². The number of amides is 1. The number of nitrogens with zero attached hydrogens (tertiary/aromatic N) is 3. The number of hydrogen-bond donors (Lipinski definition) is 2. The van der Waals surface area contributed by atoms with Crippen LogP contribution in [0.4, 0.5) is 35.4 Å². The minimum absolute atomic E-state index is 0.0202. The van der Waals surface area contributed by atoms with Gasteiger partial charge in [0.05, 0.1) is 12.1 Å². The number of ether oxygens (including phenoxy) is 1. The molecule has 1 aromatic heterocycles. The number of aromatic nitrogens is 2. The molecule has 3 aliphatic rings. The standard InChI is InChI=1S/C25H30F3N5O2/c1-24(2,3)35-23(34)33-19-10-11-20(33)17-12-15(8-9-16(17)19)31-22-29-13-18(25(26,27)28)21(32-22)30-14-6-4-5-7-14/h8-9,12-14,19-20H,4-7,10-11H2,1-3H3,(H2,29,30,31,32). The number of anilines is 3. The number of halogens is 3. The average Bonchev–Trinajstić information content (AvgIpc) is 3.47. The number of fused-ring (bicyclic) bond motifs is 5. The fourth-order valence-electron chi connectivity index (χ4n) is 5.39. The number of hydrogen-bond acceptors (Lipinski definition) is 6. The van der Waals surface area contributed by atoms with E-state index in [2.05, 4.69) is 20.6 Å². The predicted octanol–water partition coefficient (Wildman–Crippen LogP) is 6.72. The van der Waals surface area contributed by atoms with Crippen molar-refractivity contribution in [3.8, 4) is 0 Å². The SMILES string of the molecule is CC(C)(C)OC(=O)N1C2CCC1c1cc(Nc3ncc(C(F)(F)F)c(NC4CCCC4)n3)ccc12. The van der Waals surface area contributed by atoms with Crippen molar-refractivity contribution >= 4 is 23.5 Å². The molecule has 5 rings (SSSR count). The molecule has 1 saturated heterocycles. The van der Waals surface area contributed by atoms with E-state index in [4.69, 9.17) is 4.74 Å². The molecule has 2 N–H and O–H groups in total. The highest BCUT2D eigenvalue weighted by Gasteiger charge is 2.48. The van der Waals surface area contributed by atoms with Crippen molar-refractivity contribution < 1.29 is 22.7 Å². The van der Waals surface area contributed by atoms with Gasteiger partial charge in [-0.2, -0.15) is 18.2 Å². The summed E-state index contributed by atoms with van der Waals surface area (Å²) in [7, 11) is 0. The smallest absolute Gasteiger partial charge is 0.421 e. The second-order valence-electron chi connectivity index (χ2n) is 10.5. The van der Waals surface area contributed by atoms with Crippen LogP contribution in [0.1, 0.15) is 88.1 Å². The lowest BCUT2D eigenvalue weighted by molar-refractivity contribution is -0.137. The Morgan fingerprint density at radius 3 is 2.40 bits per heavy atom. The van der Waals surface area contributed by atoms with Crippen LogP contribution in [-0.2, 0) is 10.9 Å². The van der Waals surface area contributed by atoms with Gasteiger partial charge in [0.1, 0.15) is 17.0 Å². The van der Waals surface area contributed by atoms with Crippen molar-refractivity contribution in [1.29, 1.82) is 0 Å². The van der Waals surface area contributed by atoms with E-state index in [1.807, 2.05) is 39.0 Å². The van der Waals surface area contributed by atoms with E-state index in [0.29, 0.717) is 5.69 Å². The molecule has 1 aromatic carbocycles. The maximum atomic E-state index is 13.5. The number of benzene rings is 1. The summed E-state index contributed by atoms with van der Waals surface area (Å²) in [5.74, 6) is -0.108. The zero-order valence-electron chi connectivity index (χ0n) is 20.1. The highest BCUT2D eigenvalue weighted by Crippen LogP contribution is 2.54. The molecule has 2 aromatic rings. The van der Waals surface area contributed by atoms with E-state index in [1.165, 1.54) is 0 Å². The number of rotatable bonds is 4. The van der Waals surface area contributed by atoms with Crippen molar-refractivity contribution in [2.24, 2.45) is 0 Å². The van der Waals surface area contributed by atoms with E-state index in [0.717, 1.165) is 55.8 Å². The molecule has 1 aliphatic carbocycles. The zero-order valence-corrected chi connectivity index (χ0v) is 20.1. The molecule has 1 saturated carbocycles. The molecular weight excluding hydrogens is 459 g/mol. The molecule has 188 valence electrons. The summed E-state index contributed by atoms with van der Waals surface area (Å²) in [5.41, 5.74) is 1.31. The van der Waals surface area contributed by atoms with Gasteiger partial charge >= 0.3 is 12.3 Å². The van der Waals surface area contributed by atoms with Crippen molar-refractivity contribution in [3.05, 3.63) is 41.1 Å². The van der Waals surface area contributed by atoms with E-state index in [-0.39, 0.29) is 36.0 Å². The molecule has 2 atom stereocenters. The maximum absolute atomic E-state index is 13.5. The van der Waals surface area contributed by atoms with Crippen LogP contribution in [0.2, 0.25) is 0 Å². The van der Waals surface area contributed by atoms with Gasteiger partial charge in [0.15, 0.2) is 0 Å². The Bertz CT molecular complexity index is 1130. The van der Waals surface area contributed by atoms with Crippen LogP contribution in [-0.4, -0.2) is 32.6 Å². The maximum Gasteiger partial charge on any atom is 0.421 e. The van der Waals surface area contributed by atoms with Crippen LogP contribution in [0, 0.1) is 0 Å². The molecule has 1 amide bonds. The molecule has 7 nitrogen and oxygen atoms in total. The fraction of sp³-hybridized carbons (Fsp3) is 0.560. The second-order valence-corrected chi connectivity index (χ2v) is 10.5. The molecule has 2 unspecified atom stereocenters. The van der Waals surface area contributed by atoms with Crippen molar-refractivity contribution in [2.45, 2.75) is 89.2 Å². The Hall–Kier alpha value is -3.04. The highest BCUT2D eigenvalue weighted by atomic mass is 19.4. The monoisotopic (exact) mass is 489 g/mol. The zero-order chi connectivity index (χ0) is 25.0. The number of alkyl halides is 3. The van der Waals surface area contributed by atoms with Gasteiger partial charge in [-0.05, 0) is 69.7 Å². The molecule has 35 heavy (non-hydrogen) atoms. The Balaban J connectivity index is 1.38. The Kier molecular flexibility index (Phi) is 5.80. The van der Waals surface area contributed by atoms with E-state index < -0.39 is 17.3 Å². The largest absolute Gasteiger partial charge is 0.444 e. The van der Waals surface area contributed by atoms with Gasteiger partial charge in [-0.25, -0.2) is 9.78 Å². The normalized spacial score (nSPS) is 21.8. The Morgan fingerprint density at radius 2 is 1.74 bits per heavy atom. The van der Waals surface area contributed by atoms with Crippen molar-refractivity contribution in [1.82, 2.24) is 14.9 Å². The molecule has 3 heterocycles. The molecule has 2 bridgehead atoms. The third kappa shape index (κ3) is 4.75. The topological polar surface area (TPSA) is 79.4 Å². The Labute approximate surface area is 202 Å². The lowest BCUT2D eigenvalue weighted by Crippen LogP contribution is -2.34. The molecule has 2 fully saturated rings. The quantitative estimate of drug-likeness (QED) is 0.496. The van der Waals surface area contributed by atoms with Crippen molar-refractivity contribution in [3.63, 3.8) is 0 Å². The summed E-state index contributed by atoms with van der Waals surface area (Å²) >= 11 is 0. The first-order valence-corrected chi connectivity index (χ1v) is 12.1. The summed E-state index contributed by atoms with van der Waals surface area (Å²) < 4.78 is 46.2. The van der Waals surface area contributed by atoms with Crippen LogP contribution < -0.4 is 10.6 Å². The fourth-order valence-corrected chi connectivity index (χ4v) is 5.39. The lowest BCUT2D eigenvalue weighted by Gasteiger charge is -2.27.